The molecule has 0 aliphatic rings. The molecule has 0 spiro atoms. The lowest BCUT2D eigenvalue weighted by Crippen LogP contribution is -2.03. The van der Waals surface area contributed by atoms with Gasteiger partial charge in [-0.15, -0.1) is 0 Å². The first-order valence-electron chi connectivity index (χ1n) is 3.77. The van der Waals surface area contributed by atoms with Crippen molar-refractivity contribution in [3.63, 3.8) is 0 Å². The first-order chi connectivity index (χ1) is 6.15. The van der Waals surface area contributed by atoms with Crippen LogP contribution < -0.4 is 5.73 Å². The van der Waals surface area contributed by atoms with E-state index in [1.54, 1.807) is 0 Å². The third-order valence-electron chi connectivity index (χ3n) is 1.65. The van der Waals surface area contributed by atoms with Crippen LogP contribution in [-0.4, -0.2) is 16.5 Å². The Morgan fingerprint density at radius 3 is 2.77 bits per heavy atom. The predicted octanol–water partition coefficient (Wildman–Crippen LogP) is 1.48. The highest BCUT2D eigenvalue weighted by Crippen LogP contribution is 2.17. The molecule has 0 unspecified atom stereocenters. The average molecular weight is 197 g/mol. The van der Waals surface area contributed by atoms with E-state index in [1.807, 2.05) is 6.92 Å². The highest BCUT2D eigenvalue weighted by atomic mass is 35.5. The molecule has 0 saturated heterocycles. The minimum atomic E-state index is 0.175. The van der Waals surface area contributed by atoms with Gasteiger partial charge in [0.05, 0.1) is 0 Å². The van der Waals surface area contributed by atoms with E-state index in [0.29, 0.717) is 18.1 Å². The van der Waals surface area contributed by atoms with Gasteiger partial charge in [0.2, 0.25) is 12.5 Å². The third-order valence-corrected chi connectivity index (χ3v) is 1.97. The molecule has 1 aromatic heterocycles. The Hall–Kier alpha value is -1.34. The number of anilines is 1. The molecule has 68 valence electrons. The summed E-state index contributed by atoms with van der Waals surface area (Å²) in [4.78, 5) is 11.0. The normalized spacial score (nSPS) is 9.62. The summed E-state index contributed by atoms with van der Waals surface area (Å²) in [6.45, 7) is 8.86. The lowest BCUT2D eigenvalue weighted by Gasteiger charge is -2.03. The zero-order valence-electron chi connectivity index (χ0n) is 7.21. The lowest BCUT2D eigenvalue weighted by atomic mass is 10.2. The van der Waals surface area contributed by atoms with Gasteiger partial charge in [-0.2, -0.15) is 0 Å². The lowest BCUT2D eigenvalue weighted by molar-refractivity contribution is 0.982. The number of nitrogen functional groups attached to an aromatic ring is 1. The molecule has 1 heterocycles. The monoisotopic (exact) mass is 196 g/mol. The summed E-state index contributed by atoms with van der Waals surface area (Å²) in [6.07, 6.45) is 0.578. The second-order valence-corrected chi connectivity index (χ2v) is 2.93. The minimum absolute atomic E-state index is 0.175. The number of aryl methyl sites for hydroxylation is 1. The number of nitrogens with two attached hydrogens (primary N) is 1. The van der Waals surface area contributed by atoms with Crippen LogP contribution in [0.1, 0.15) is 11.3 Å². The molecule has 0 bridgehead atoms. The van der Waals surface area contributed by atoms with Crippen molar-refractivity contribution in [2.75, 3.05) is 12.3 Å². The van der Waals surface area contributed by atoms with Crippen LogP contribution in [0.15, 0.2) is 0 Å². The van der Waals surface area contributed by atoms with Crippen LogP contribution in [0.4, 0.5) is 5.95 Å². The maximum Gasteiger partial charge on any atom is 0.221 e. The highest BCUT2D eigenvalue weighted by Gasteiger charge is 2.08. The summed E-state index contributed by atoms with van der Waals surface area (Å²) in [6, 6.07) is 0. The molecule has 0 radical (unpaired) electrons. The maximum atomic E-state index is 6.65. The molecule has 1 aromatic rings. The summed E-state index contributed by atoms with van der Waals surface area (Å²) in [5, 5.41) is 0.355. The quantitative estimate of drug-likeness (QED) is 0.576. The molecule has 5 heteroatoms. The largest absolute Gasteiger partial charge is 0.368 e. The van der Waals surface area contributed by atoms with E-state index >= 15 is 0 Å². The highest BCUT2D eigenvalue weighted by molar-refractivity contribution is 6.30. The molecule has 0 atom stereocenters. The fourth-order valence-corrected chi connectivity index (χ4v) is 1.35. The van der Waals surface area contributed by atoms with Crippen LogP contribution in [0.5, 0.6) is 0 Å². The molecule has 0 aliphatic carbocycles. The van der Waals surface area contributed by atoms with E-state index in [2.05, 4.69) is 14.8 Å². The maximum absolute atomic E-state index is 6.65. The first kappa shape index (κ1) is 9.75. The summed E-state index contributed by atoms with van der Waals surface area (Å²) >= 11 is 5.84. The van der Waals surface area contributed by atoms with Crippen LogP contribution in [0.3, 0.4) is 0 Å². The van der Waals surface area contributed by atoms with Gasteiger partial charge in [0, 0.05) is 17.7 Å². The van der Waals surface area contributed by atoms with E-state index in [0.717, 1.165) is 11.3 Å². The van der Waals surface area contributed by atoms with E-state index in [4.69, 9.17) is 23.9 Å². The summed E-state index contributed by atoms with van der Waals surface area (Å²) in [5.74, 6) is 0.175. The Labute approximate surface area is 81.6 Å². The second kappa shape index (κ2) is 4.06. The molecular formula is C8H9ClN4. The van der Waals surface area contributed by atoms with Crippen molar-refractivity contribution in [1.82, 2.24) is 9.97 Å². The SMILES string of the molecule is [C-]#[N+]CCc1c(C)nc(N)nc1Cl. The molecule has 13 heavy (non-hydrogen) atoms. The molecule has 4 nitrogen and oxygen atoms in total. The summed E-state index contributed by atoms with van der Waals surface area (Å²) < 4.78 is 0. The van der Waals surface area contributed by atoms with Gasteiger partial charge in [0.15, 0.2) is 0 Å². The fraction of sp³-hybridized carbons (Fsp3) is 0.375. The Kier molecular flexibility index (Phi) is 3.04. The summed E-state index contributed by atoms with van der Waals surface area (Å²) in [7, 11) is 0. The Balaban J connectivity index is 3.00. The van der Waals surface area contributed by atoms with Crippen molar-refractivity contribution < 1.29 is 0 Å². The van der Waals surface area contributed by atoms with Gasteiger partial charge in [-0.1, -0.05) is 11.6 Å². The van der Waals surface area contributed by atoms with Crippen molar-refractivity contribution in [3.05, 3.63) is 27.8 Å². The topological polar surface area (TPSA) is 56.2 Å². The van der Waals surface area contributed by atoms with E-state index in [-0.39, 0.29) is 5.95 Å². The Bertz CT molecular complexity index is 333. The van der Waals surface area contributed by atoms with Gasteiger partial charge in [-0.05, 0) is 6.92 Å². The van der Waals surface area contributed by atoms with Crippen LogP contribution in [-0.2, 0) is 6.42 Å². The van der Waals surface area contributed by atoms with Gasteiger partial charge in [0.25, 0.3) is 0 Å². The van der Waals surface area contributed by atoms with Crippen LogP contribution in [0.2, 0.25) is 5.15 Å². The van der Waals surface area contributed by atoms with Crippen LogP contribution >= 0.6 is 11.6 Å². The molecule has 0 amide bonds. The van der Waals surface area contributed by atoms with Gasteiger partial charge >= 0.3 is 0 Å². The van der Waals surface area contributed by atoms with Crippen molar-refractivity contribution >= 4 is 17.5 Å². The van der Waals surface area contributed by atoms with Gasteiger partial charge in [-0.25, -0.2) is 16.5 Å². The van der Waals surface area contributed by atoms with Crippen molar-refractivity contribution in [2.45, 2.75) is 13.3 Å². The molecule has 2 N–H and O–H groups in total. The molecule has 0 aliphatic heterocycles. The van der Waals surface area contributed by atoms with E-state index in [1.165, 1.54) is 0 Å². The third kappa shape index (κ3) is 2.30. The number of rotatable bonds is 2. The smallest absolute Gasteiger partial charge is 0.221 e. The van der Waals surface area contributed by atoms with Gasteiger partial charge in [-0.3, -0.25) is 0 Å². The first-order valence-corrected chi connectivity index (χ1v) is 4.14. The zero-order chi connectivity index (χ0) is 9.84. The number of hydrogen-bond acceptors (Lipinski definition) is 3. The standard InChI is InChI=1S/C8H9ClN4/c1-5-6(3-4-11-2)7(9)13-8(10)12-5/h3-4H2,1H3,(H2,10,12,13). The Morgan fingerprint density at radius 2 is 2.23 bits per heavy atom. The van der Waals surface area contributed by atoms with Crippen molar-refractivity contribution in [3.8, 4) is 0 Å². The summed E-state index contributed by atoms with van der Waals surface area (Å²) in [5.41, 5.74) is 6.95. The molecular weight excluding hydrogens is 188 g/mol. The van der Waals surface area contributed by atoms with Crippen LogP contribution in [0.25, 0.3) is 4.85 Å². The van der Waals surface area contributed by atoms with Gasteiger partial charge < -0.3 is 10.6 Å². The molecule has 1 rings (SSSR count). The van der Waals surface area contributed by atoms with Gasteiger partial charge in [0.1, 0.15) is 5.15 Å². The number of nitrogens with zero attached hydrogens (tertiary/aromatic N) is 3. The predicted molar refractivity (Wildman–Crippen MR) is 51.4 cm³/mol. The Morgan fingerprint density at radius 1 is 1.54 bits per heavy atom. The van der Waals surface area contributed by atoms with Crippen LogP contribution in [0, 0.1) is 13.5 Å². The molecule has 0 fully saturated rings. The molecule has 0 aromatic carbocycles. The number of aromatic nitrogens is 2. The fourth-order valence-electron chi connectivity index (χ4n) is 1.03. The number of hydrogen-bond donors (Lipinski definition) is 1. The van der Waals surface area contributed by atoms with Crippen molar-refractivity contribution in [2.24, 2.45) is 0 Å². The van der Waals surface area contributed by atoms with Crippen molar-refractivity contribution in [1.29, 1.82) is 0 Å². The van der Waals surface area contributed by atoms with E-state index < -0.39 is 0 Å². The van der Waals surface area contributed by atoms with E-state index in [9.17, 15) is 0 Å². The molecule has 0 saturated carbocycles. The zero-order valence-corrected chi connectivity index (χ0v) is 7.97. The second-order valence-electron chi connectivity index (χ2n) is 2.57. The average Bonchev–Trinajstić information content (AvgIpc) is 2.02. The number of halogens is 1. The minimum Gasteiger partial charge on any atom is -0.368 e.